The maximum atomic E-state index is 12.0. The lowest BCUT2D eigenvalue weighted by atomic mass is 10.0. The molecule has 0 radical (unpaired) electrons. The molecule has 2 aromatic rings. The first kappa shape index (κ1) is 14.3. The summed E-state index contributed by atoms with van der Waals surface area (Å²) in [5.74, 6) is 0.0185. The van der Waals surface area contributed by atoms with E-state index < -0.39 is 5.63 Å². The molecule has 20 heavy (non-hydrogen) atoms. The summed E-state index contributed by atoms with van der Waals surface area (Å²) in [6.07, 6.45) is 0. The summed E-state index contributed by atoms with van der Waals surface area (Å²) in [5, 5.41) is 3.65. The number of quaternary nitrogens is 1. The Bertz CT molecular complexity index is 704. The van der Waals surface area contributed by atoms with Gasteiger partial charge in [0.15, 0.2) is 6.04 Å². The standard InChI is InChI=1S/C15H18N2O3/c1-8(2)14(16)15(19)17-10-4-5-11-9(3)6-13(18)20-12(11)7-10/h4-8,14H,16H2,1-3H3,(H,17,19)/p+1/t14-/m0/s1. The monoisotopic (exact) mass is 275 g/mol. The first-order valence-corrected chi connectivity index (χ1v) is 6.57. The van der Waals surface area contributed by atoms with Crippen LogP contribution in [0.4, 0.5) is 5.69 Å². The van der Waals surface area contributed by atoms with Crippen LogP contribution in [-0.2, 0) is 4.79 Å². The number of aryl methyl sites for hydroxylation is 1. The van der Waals surface area contributed by atoms with Crippen LogP contribution in [0.25, 0.3) is 11.0 Å². The predicted molar refractivity (Wildman–Crippen MR) is 77.4 cm³/mol. The van der Waals surface area contributed by atoms with E-state index in [-0.39, 0.29) is 17.9 Å². The third-order valence-corrected chi connectivity index (χ3v) is 3.36. The Hall–Kier alpha value is -2.14. The van der Waals surface area contributed by atoms with Gasteiger partial charge in [0.2, 0.25) is 0 Å². The highest BCUT2D eigenvalue weighted by molar-refractivity contribution is 5.96. The molecule has 1 atom stereocenters. The molecule has 106 valence electrons. The van der Waals surface area contributed by atoms with E-state index in [1.54, 1.807) is 12.1 Å². The Kier molecular flexibility index (Phi) is 3.90. The molecule has 0 bridgehead atoms. The summed E-state index contributed by atoms with van der Waals surface area (Å²) < 4.78 is 5.15. The van der Waals surface area contributed by atoms with Crippen molar-refractivity contribution >= 4 is 22.6 Å². The molecule has 0 aliphatic carbocycles. The highest BCUT2D eigenvalue weighted by Crippen LogP contribution is 2.20. The van der Waals surface area contributed by atoms with Gasteiger partial charge in [-0.2, -0.15) is 0 Å². The molecule has 0 aliphatic rings. The fourth-order valence-electron chi connectivity index (χ4n) is 1.94. The van der Waals surface area contributed by atoms with Gasteiger partial charge in [-0.15, -0.1) is 0 Å². The smallest absolute Gasteiger partial charge is 0.336 e. The van der Waals surface area contributed by atoms with Gasteiger partial charge in [-0.3, -0.25) is 4.79 Å². The van der Waals surface area contributed by atoms with E-state index in [0.717, 1.165) is 10.9 Å². The number of carbonyl (C=O) groups excluding carboxylic acids is 1. The second-order valence-electron chi connectivity index (χ2n) is 5.30. The number of carbonyl (C=O) groups is 1. The van der Waals surface area contributed by atoms with Crippen LogP contribution < -0.4 is 16.7 Å². The zero-order chi connectivity index (χ0) is 14.9. The summed E-state index contributed by atoms with van der Waals surface area (Å²) >= 11 is 0. The van der Waals surface area contributed by atoms with E-state index in [1.165, 1.54) is 6.07 Å². The average molecular weight is 275 g/mol. The molecule has 2 rings (SSSR count). The van der Waals surface area contributed by atoms with E-state index >= 15 is 0 Å². The van der Waals surface area contributed by atoms with Crippen molar-refractivity contribution in [2.75, 3.05) is 5.32 Å². The molecular formula is C15H19N2O3+. The van der Waals surface area contributed by atoms with Gasteiger partial charge in [-0.05, 0) is 24.6 Å². The van der Waals surface area contributed by atoms with Gasteiger partial charge in [0, 0.05) is 29.1 Å². The van der Waals surface area contributed by atoms with Gasteiger partial charge in [-0.25, -0.2) is 4.79 Å². The fraction of sp³-hybridized carbons (Fsp3) is 0.333. The largest absolute Gasteiger partial charge is 0.423 e. The van der Waals surface area contributed by atoms with E-state index in [9.17, 15) is 9.59 Å². The molecule has 1 amide bonds. The van der Waals surface area contributed by atoms with E-state index in [0.29, 0.717) is 11.3 Å². The molecule has 5 nitrogen and oxygen atoms in total. The Morgan fingerprint density at radius 2 is 2.00 bits per heavy atom. The average Bonchev–Trinajstić information content (AvgIpc) is 2.36. The van der Waals surface area contributed by atoms with Gasteiger partial charge >= 0.3 is 5.63 Å². The number of hydrogen-bond acceptors (Lipinski definition) is 3. The van der Waals surface area contributed by atoms with Gasteiger partial charge in [0.25, 0.3) is 5.91 Å². The molecule has 1 aromatic carbocycles. The molecular weight excluding hydrogens is 256 g/mol. The van der Waals surface area contributed by atoms with Crippen LogP contribution in [-0.4, -0.2) is 11.9 Å². The SMILES string of the molecule is Cc1cc(=O)oc2cc(NC(=O)[C@@H]([NH3+])C(C)C)ccc12. The van der Waals surface area contributed by atoms with Crippen LogP contribution in [0.5, 0.6) is 0 Å². The number of nitrogens with one attached hydrogen (secondary N) is 1. The normalized spacial score (nSPS) is 12.7. The van der Waals surface area contributed by atoms with E-state index in [2.05, 4.69) is 11.1 Å². The highest BCUT2D eigenvalue weighted by atomic mass is 16.4. The molecule has 0 unspecified atom stereocenters. The quantitative estimate of drug-likeness (QED) is 0.828. The maximum absolute atomic E-state index is 12.0. The molecule has 1 heterocycles. The number of rotatable bonds is 3. The van der Waals surface area contributed by atoms with Crippen molar-refractivity contribution in [2.45, 2.75) is 26.8 Å². The molecule has 0 fully saturated rings. The van der Waals surface area contributed by atoms with E-state index in [1.807, 2.05) is 26.8 Å². The lowest BCUT2D eigenvalue weighted by Crippen LogP contribution is -2.68. The number of amides is 1. The number of benzene rings is 1. The van der Waals surface area contributed by atoms with Crippen molar-refractivity contribution in [3.05, 3.63) is 40.2 Å². The molecule has 5 heteroatoms. The van der Waals surface area contributed by atoms with Gasteiger partial charge in [-0.1, -0.05) is 13.8 Å². The van der Waals surface area contributed by atoms with Crippen molar-refractivity contribution in [3.63, 3.8) is 0 Å². The number of fused-ring (bicyclic) bond motifs is 1. The van der Waals surface area contributed by atoms with Crippen LogP contribution >= 0.6 is 0 Å². The van der Waals surface area contributed by atoms with Crippen LogP contribution in [0.2, 0.25) is 0 Å². The van der Waals surface area contributed by atoms with Crippen molar-refractivity contribution in [3.8, 4) is 0 Å². The van der Waals surface area contributed by atoms with Crippen LogP contribution in [0.15, 0.2) is 33.5 Å². The van der Waals surface area contributed by atoms with Crippen LogP contribution in [0, 0.1) is 12.8 Å². The lowest BCUT2D eigenvalue weighted by molar-refractivity contribution is -0.412. The second-order valence-corrected chi connectivity index (χ2v) is 5.30. The molecule has 4 N–H and O–H groups in total. The Morgan fingerprint density at radius 1 is 1.30 bits per heavy atom. The van der Waals surface area contributed by atoms with Crippen LogP contribution in [0.1, 0.15) is 19.4 Å². The Balaban J connectivity index is 2.33. The molecule has 0 spiro atoms. The minimum absolute atomic E-state index is 0.144. The number of hydrogen-bond donors (Lipinski definition) is 2. The summed E-state index contributed by atoms with van der Waals surface area (Å²) in [6.45, 7) is 5.74. The van der Waals surface area contributed by atoms with Gasteiger partial charge < -0.3 is 15.5 Å². The minimum Gasteiger partial charge on any atom is -0.423 e. The zero-order valence-corrected chi connectivity index (χ0v) is 11.9. The summed E-state index contributed by atoms with van der Waals surface area (Å²) in [7, 11) is 0. The summed E-state index contributed by atoms with van der Waals surface area (Å²) in [6, 6.07) is 6.41. The minimum atomic E-state index is -0.393. The topological polar surface area (TPSA) is 87.0 Å². The molecule has 0 saturated heterocycles. The highest BCUT2D eigenvalue weighted by Gasteiger charge is 2.21. The first-order valence-electron chi connectivity index (χ1n) is 6.57. The third kappa shape index (κ3) is 2.88. The Labute approximate surface area is 116 Å². The molecule has 0 aliphatic heterocycles. The second kappa shape index (κ2) is 5.46. The predicted octanol–water partition coefficient (Wildman–Crippen LogP) is 1.31. The van der Waals surface area contributed by atoms with Crippen molar-refractivity contribution in [2.24, 2.45) is 5.92 Å². The fourth-order valence-corrected chi connectivity index (χ4v) is 1.94. The zero-order valence-electron chi connectivity index (χ0n) is 11.9. The first-order chi connectivity index (χ1) is 9.38. The Morgan fingerprint density at radius 3 is 2.65 bits per heavy atom. The van der Waals surface area contributed by atoms with Gasteiger partial charge in [0.05, 0.1) is 0 Å². The summed E-state index contributed by atoms with van der Waals surface area (Å²) in [5.41, 5.74) is 5.37. The van der Waals surface area contributed by atoms with Crippen molar-refractivity contribution in [1.82, 2.24) is 0 Å². The summed E-state index contributed by atoms with van der Waals surface area (Å²) in [4.78, 5) is 23.3. The molecule has 1 aromatic heterocycles. The lowest BCUT2D eigenvalue weighted by Gasteiger charge is -2.12. The maximum Gasteiger partial charge on any atom is 0.336 e. The van der Waals surface area contributed by atoms with E-state index in [4.69, 9.17) is 4.42 Å². The molecule has 0 saturated carbocycles. The third-order valence-electron chi connectivity index (χ3n) is 3.36. The van der Waals surface area contributed by atoms with Crippen molar-refractivity contribution < 1.29 is 14.9 Å². The van der Waals surface area contributed by atoms with Gasteiger partial charge in [0.1, 0.15) is 5.58 Å². The van der Waals surface area contributed by atoms with Crippen molar-refractivity contribution in [1.29, 1.82) is 0 Å². The van der Waals surface area contributed by atoms with Crippen LogP contribution in [0.3, 0.4) is 0 Å². The number of anilines is 1.